The molecule has 1 saturated heterocycles. The van der Waals surface area contributed by atoms with Gasteiger partial charge in [0.2, 0.25) is 11.8 Å². The topological polar surface area (TPSA) is 91.7 Å². The van der Waals surface area contributed by atoms with Crippen LogP contribution in [0.1, 0.15) is 18.0 Å². The van der Waals surface area contributed by atoms with Gasteiger partial charge >= 0.3 is 0 Å². The fraction of sp³-hybridized carbons (Fsp3) is 0.286. The average molecular weight is 413 g/mol. The molecule has 0 bridgehead atoms. The van der Waals surface area contributed by atoms with E-state index in [0.717, 1.165) is 12.1 Å². The van der Waals surface area contributed by atoms with E-state index in [2.05, 4.69) is 5.32 Å². The zero-order chi connectivity index (χ0) is 21.3. The number of carbonyl (C=O) groups excluding carboxylic acids is 2. The first-order valence-corrected chi connectivity index (χ1v) is 9.31. The lowest BCUT2D eigenvalue weighted by atomic mass is 10.0. The number of anilines is 1. The lowest BCUT2D eigenvalue weighted by molar-refractivity contribution is -0.126. The van der Waals surface area contributed by atoms with Gasteiger partial charge in [0.05, 0.1) is 12.0 Å². The normalized spacial score (nSPS) is 18.6. The molecular weight excluding hydrogens is 396 g/mol. The first kappa shape index (κ1) is 19.6. The van der Waals surface area contributed by atoms with Crippen LogP contribution in [0.15, 0.2) is 36.4 Å². The van der Waals surface area contributed by atoms with Gasteiger partial charge in [0, 0.05) is 36.3 Å². The van der Waals surface area contributed by atoms with Crippen LogP contribution in [0, 0.1) is 28.9 Å². The molecule has 2 aromatic rings. The summed E-state index contributed by atoms with van der Waals surface area (Å²) in [5, 5.41) is 11.8. The molecule has 30 heavy (non-hydrogen) atoms. The van der Waals surface area contributed by atoms with Crippen LogP contribution in [0.25, 0.3) is 0 Å². The first-order chi connectivity index (χ1) is 14.5. The van der Waals surface area contributed by atoms with Crippen molar-refractivity contribution in [1.29, 1.82) is 5.26 Å². The second kappa shape index (κ2) is 7.99. The van der Waals surface area contributed by atoms with Gasteiger partial charge < -0.3 is 19.7 Å². The third-order valence-corrected chi connectivity index (χ3v) is 5.02. The number of carbonyl (C=O) groups is 2. The highest BCUT2D eigenvalue weighted by Crippen LogP contribution is 2.36. The number of halogens is 2. The highest BCUT2D eigenvalue weighted by atomic mass is 19.1. The number of fused-ring (bicyclic) bond motifs is 1. The van der Waals surface area contributed by atoms with Gasteiger partial charge in [-0.2, -0.15) is 5.26 Å². The minimum absolute atomic E-state index is 0.0513. The van der Waals surface area contributed by atoms with Crippen LogP contribution in [-0.4, -0.2) is 31.6 Å². The average Bonchev–Trinajstić information content (AvgIpc) is 3.14. The highest BCUT2D eigenvalue weighted by Gasteiger charge is 2.36. The number of benzene rings is 2. The number of hydrogen-bond donors (Lipinski definition) is 1. The summed E-state index contributed by atoms with van der Waals surface area (Å²) in [6.07, 6.45) is -0.0513. The summed E-state index contributed by atoms with van der Waals surface area (Å²) in [4.78, 5) is 26.6. The summed E-state index contributed by atoms with van der Waals surface area (Å²) in [5.41, 5.74) is 0.432. The van der Waals surface area contributed by atoms with E-state index in [1.165, 1.54) is 4.90 Å². The molecule has 2 aliphatic heterocycles. The van der Waals surface area contributed by atoms with Gasteiger partial charge in [-0.1, -0.05) is 6.07 Å². The van der Waals surface area contributed by atoms with Crippen LogP contribution < -0.4 is 19.7 Å². The summed E-state index contributed by atoms with van der Waals surface area (Å²) in [6.45, 7) is 0.964. The number of nitrogens with one attached hydrogen (secondary N) is 1. The summed E-state index contributed by atoms with van der Waals surface area (Å²) in [6, 6.07) is 8.36. The van der Waals surface area contributed by atoms with E-state index < -0.39 is 29.5 Å². The Morgan fingerprint density at radius 1 is 1.17 bits per heavy atom. The molecule has 0 aliphatic carbocycles. The molecule has 0 aromatic heterocycles. The van der Waals surface area contributed by atoms with Crippen LogP contribution in [0.3, 0.4) is 0 Å². The Balaban J connectivity index is 1.47. The fourth-order valence-electron chi connectivity index (χ4n) is 3.51. The number of amides is 2. The van der Waals surface area contributed by atoms with Crippen molar-refractivity contribution in [3.63, 3.8) is 0 Å². The Bertz CT molecular complexity index is 1050. The largest absolute Gasteiger partial charge is 0.486 e. The molecule has 1 fully saturated rings. The third-order valence-electron chi connectivity index (χ3n) is 5.02. The van der Waals surface area contributed by atoms with Crippen molar-refractivity contribution in [1.82, 2.24) is 5.32 Å². The van der Waals surface area contributed by atoms with Crippen molar-refractivity contribution < 1.29 is 27.8 Å². The molecule has 0 radical (unpaired) electrons. The van der Waals surface area contributed by atoms with Crippen molar-refractivity contribution in [3.8, 4) is 17.6 Å². The Morgan fingerprint density at radius 2 is 1.93 bits per heavy atom. The van der Waals surface area contributed by atoms with E-state index in [1.807, 2.05) is 0 Å². The summed E-state index contributed by atoms with van der Waals surface area (Å²) < 4.78 is 38.1. The molecule has 2 atom stereocenters. The first-order valence-electron chi connectivity index (χ1n) is 9.31. The zero-order valence-electron chi connectivity index (χ0n) is 15.7. The molecule has 0 spiro atoms. The van der Waals surface area contributed by atoms with Gasteiger partial charge in [0.1, 0.15) is 30.9 Å². The van der Waals surface area contributed by atoms with Crippen molar-refractivity contribution in [2.75, 3.05) is 24.7 Å². The maximum Gasteiger partial charge on any atom is 0.227 e. The van der Waals surface area contributed by atoms with Gasteiger partial charge in [-0.15, -0.1) is 0 Å². The predicted octanol–water partition coefficient (Wildman–Crippen LogP) is 2.47. The second-order valence-corrected chi connectivity index (χ2v) is 6.97. The van der Waals surface area contributed by atoms with Crippen LogP contribution >= 0.6 is 0 Å². The quantitative estimate of drug-likeness (QED) is 0.832. The van der Waals surface area contributed by atoms with Gasteiger partial charge in [-0.05, 0) is 18.2 Å². The monoisotopic (exact) mass is 413 g/mol. The van der Waals surface area contributed by atoms with E-state index in [1.54, 1.807) is 24.3 Å². The van der Waals surface area contributed by atoms with E-state index >= 15 is 0 Å². The number of ether oxygens (including phenoxy) is 2. The molecule has 7 nitrogen and oxygen atoms in total. The predicted molar refractivity (Wildman–Crippen MR) is 101 cm³/mol. The Kier molecular flexibility index (Phi) is 5.23. The summed E-state index contributed by atoms with van der Waals surface area (Å²) in [5.74, 6) is -2.13. The molecule has 2 amide bonds. The zero-order valence-corrected chi connectivity index (χ0v) is 15.7. The fourth-order valence-corrected chi connectivity index (χ4v) is 3.51. The smallest absolute Gasteiger partial charge is 0.227 e. The van der Waals surface area contributed by atoms with Gasteiger partial charge in [-0.25, -0.2) is 8.78 Å². The van der Waals surface area contributed by atoms with Crippen molar-refractivity contribution in [3.05, 3.63) is 53.6 Å². The van der Waals surface area contributed by atoms with Crippen LogP contribution in [0.2, 0.25) is 0 Å². The van der Waals surface area contributed by atoms with Crippen LogP contribution in [-0.2, 0) is 9.59 Å². The van der Waals surface area contributed by atoms with Gasteiger partial charge in [0.15, 0.2) is 11.5 Å². The molecule has 2 unspecified atom stereocenters. The van der Waals surface area contributed by atoms with Crippen molar-refractivity contribution >= 4 is 17.5 Å². The lowest BCUT2D eigenvalue weighted by Crippen LogP contribution is -2.35. The SMILES string of the molecule is N#CC(NC(=O)C1CC(=O)N(c2ccc3c(c2)OCCO3)C1)c1ccc(F)cc1F. The van der Waals surface area contributed by atoms with Crippen molar-refractivity contribution in [2.24, 2.45) is 5.92 Å². The van der Waals surface area contributed by atoms with Gasteiger partial charge in [-0.3, -0.25) is 9.59 Å². The van der Waals surface area contributed by atoms with Crippen LogP contribution in [0.5, 0.6) is 11.5 Å². The molecular formula is C21H17F2N3O4. The maximum absolute atomic E-state index is 14.0. The molecule has 0 saturated carbocycles. The third kappa shape index (κ3) is 3.76. The van der Waals surface area contributed by atoms with Crippen molar-refractivity contribution in [2.45, 2.75) is 12.5 Å². The molecule has 2 aliphatic rings. The van der Waals surface area contributed by atoms with E-state index in [0.29, 0.717) is 36.5 Å². The van der Waals surface area contributed by atoms with Gasteiger partial charge in [0.25, 0.3) is 0 Å². The summed E-state index contributed by atoms with van der Waals surface area (Å²) in [7, 11) is 0. The highest BCUT2D eigenvalue weighted by molar-refractivity contribution is 6.00. The Morgan fingerprint density at radius 3 is 2.67 bits per heavy atom. The number of nitriles is 1. The standard InChI is InChI=1S/C21H17F2N3O4/c22-13-1-3-15(16(23)8-13)17(10-24)25-21(28)12-7-20(27)26(11-12)14-2-4-18-19(9-14)30-6-5-29-18/h1-4,8-9,12,17H,5-7,11H2,(H,25,28). The second-order valence-electron chi connectivity index (χ2n) is 6.97. The lowest BCUT2D eigenvalue weighted by Gasteiger charge is -2.22. The molecule has 4 rings (SSSR count). The molecule has 2 aromatic carbocycles. The Hall–Kier alpha value is -3.67. The summed E-state index contributed by atoms with van der Waals surface area (Å²) >= 11 is 0. The maximum atomic E-state index is 14.0. The Labute approximate surface area is 170 Å². The van der Waals surface area contributed by atoms with E-state index in [4.69, 9.17) is 9.47 Å². The molecule has 9 heteroatoms. The minimum atomic E-state index is -1.29. The molecule has 1 N–H and O–H groups in total. The number of rotatable bonds is 4. The number of nitrogens with zero attached hydrogens (tertiary/aromatic N) is 2. The van der Waals surface area contributed by atoms with Crippen LogP contribution in [0.4, 0.5) is 14.5 Å². The molecule has 154 valence electrons. The number of hydrogen-bond acceptors (Lipinski definition) is 5. The molecule has 2 heterocycles. The van der Waals surface area contributed by atoms with E-state index in [9.17, 15) is 23.6 Å². The van der Waals surface area contributed by atoms with E-state index in [-0.39, 0.29) is 24.4 Å². The minimum Gasteiger partial charge on any atom is -0.486 e.